The van der Waals surface area contributed by atoms with Gasteiger partial charge in [0.2, 0.25) is 0 Å². The molecule has 0 saturated heterocycles. The smallest absolute Gasteiger partial charge is 0.0535 e. The molecule has 2 rings (SSSR count). The maximum absolute atomic E-state index is 7.09. The average molecular weight is 150 g/mol. The Balaban J connectivity index is 2.07. The molecule has 1 saturated carbocycles. The normalized spacial score (nSPS) is 36.2. The highest BCUT2D eigenvalue weighted by molar-refractivity contribution is 6.30. The predicted octanol–water partition coefficient (Wildman–Crippen LogP) is 2.04. The molecule has 0 aromatic heterocycles. The molecule has 0 amide bonds. The third-order valence-electron chi connectivity index (χ3n) is 2.84. The monoisotopic (exact) mass is 150 g/mol. The SMILES string of the molecule is N=CC1=NC2CCCCC2C1. The number of rotatable bonds is 1. The van der Waals surface area contributed by atoms with E-state index in [0.717, 1.165) is 18.1 Å². The van der Waals surface area contributed by atoms with Crippen LogP contribution in [0.15, 0.2) is 4.99 Å². The van der Waals surface area contributed by atoms with Crippen LogP contribution in [0.2, 0.25) is 0 Å². The lowest BCUT2D eigenvalue weighted by Crippen LogP contribution is -2.18. The van der Waals surface area contributed by atoms with E-state index in [0.29, 0.717) is 6.04 Å². The minimum absolute atomic E-state index is 0.584. The zero-order valence-electron chi connectivity index (χ0n) is 6.71. The van der Waals surface area contributed by atoms with Gasteiger partial charge in [0.25, 0.3) is 0 Å². The summed E-state index contributed by atoms with van der Waals surface area (Å²) in [6.45, 7) is 0. The zero-order valence-corrected chi connectivity index (χ0v) is 6.71. The molecule has 0 radical (unpaired) electrons. The number of aliphatic imine (C=N–C) groups is 1. The van der Waals surface area contributed by atoms with Crippen LogP contribution in [0.3, 0.4) is 0 Å². The molecule has 1 N–H and O–H groups in total. The van der Waals surface area contributed by atoms with Gasteiger partial charge in [-0.1, -0.05) is 12.8 Å². The lowest BCUT2D eigenvalue weighted by Gasteiger charge is -2.22. The Kier molecular flexibility index (Phi) is 1.76. The van der Waals surface area contributed by atoms with Crippen LogP contribution >= 0.6 is 0 Å². The van der Waals surface area contributed by atoms with Crippen LogP contribution in [-0.4, -0.2) is 18.0 Å². The molecule has 2 nitrogen and oxygen atoms in total. The lowest BCUT2D eigenvalue weighted by molar-refractivity contribution is 0.337. The van der Waals surface area contributed by atoms with Crippen molar-refractivity contribution in [2.45, 2.75) is 38.1 Å². The molecular weight excluding hydrogens is 136 g/mol. The highest BCUT2D eigenvalue weighted by Crippen LogP contribution is 2.33. The number of hydrogen-bond acceptors (Lipinski definition) is 2. The van der Waals surface area contributed by atoms with Crippen LogP contribution in [0.1, 0.15) is 32.1 Å². The molecule has 2 heteroatoms. The quantitative estimate of drug-likeness (QED) is 0.555. The van der Waals surface area contributed by atoms with Crippen LogP contribution in [-0.2, 0) is 0 Å². The largest absolute Gasteiger partial charge is 0.307 e. The van der Waals surface area contributed by atoms with Crippen molar-refractivity contribution >= 4 is 11.9 Å². The van der Waals surface area contributed by atoms with Crippen molar-refractivity contribution in [1.82, 2.24) is 0 Å². The fraction of sp³-hybridized carbons (Fsp3) is 0.778. The van der Waals surface area contributed by atoms with Gasteiger partial charge in [0.1, 0.15) is 0 Å². The van der Waals surface area contributed by atoms with Crippen molar-refractivity contribution < 1.29 is 0 Å². The Morgan fingerprint density at radius 2 is 2.18 bits per heavy atom. The van der Waals surface area contributed by atoms with E-state index >= 15 is 0 Å². The molecule has 2 atom stereocenters. The highest BCUT2D eigenvalue weighted by atomic mass is 14.9. The maximum Gasteiger partial charge on any atom is 0.0535 e. The van der Waals surface area contributed by atoms with E-state index in [9.17, 15) is 0 Å². The van der Waals surface area contributed by atoms with Crippen molar-refractivity contribution in [3.63, 3.8) is 0 Å². The van der Waals surface area contributed by atoms with Crippen molar-refractivity contribution in [3.05, 3.63) is 0 Å². The summed E-state index contributed by atoms with van der Waals surface area (Å²) in [6, 6.07) is 0.584. The van der Waals surface area contributed by atoms with Crippen LogP contribution in [0.25, 0.3) is 0 Å². The van der Waals surface area contributed by atoms with E-state index in [-0.39, 0.29) is 0 Å². The van der Waals surface area contributed by atoms with Gasteiger partial charge < -0.3 is 5.41 Å². The number of fused-ring (bicyclic) bond motifs is 1. The van der Waals surface area contributed by atoms with E-state index in [4.69, 9.17) is 5.41 Å². The second kappa shape index (κ2) is 2.76. The first-order valence-electron chi connectivity index (χ1n) is 4.47. The third-order valence-corrected chi connectivity index (χ3v) is 2.84. The fourth-order valence-electron chi connectivity index (χ4n) is 2.23. The third kappa shape index (κ3) is 1.22. The first kappa shape index (κ1) is 7.01. The minimum Gasteiger partial charge on any atom is -0.307 e. The Labute approximate surface area is 67.2 Å². The molecule has 1 fully saturated rings. The molecule has 0 aromatic rings. The van der Waals surface area contributed by atoms with E-state index in [2.05, 4.69) is 4.99 Å². The molecule has 60 valence electrons. The molecule has 11 heavy (non-hydrogen) atoms. The van der Waals surface area contributed by atoms with Crippen LogP contribution in [0.5, 0.6) is 0 Å². The Hall–Kier alpha value is -0.660. The van der Waals surface area contributed by atoms with Gasteiger partial charge >= 0.3 is 0 Å². The summed E-state index contributed by atoms with van der Waals surface area (Å²) in [5.41, 5.74) is 1.03. The average Bonchev–Trinajstić information content (AvgIpc) is 2.46. The summed E-state index contributed by atoms with van der Waals surface area (Å²) in [6.07, 6.45) is 7.83. The molecule has 2 aliphatic rings. The van der Waals surface area contributed by atoms with Gasteiger partial charge in [0, 0.05) is 6.21 Å². The molecule has 0 spiro atoms. The van der Waals surface area contributed by atoms with Gasteiger partial charge in [0.15, 0.2) is 0 Å². The second-order valence-corrected chi connectivity index (χ2v) is 3.58. The summed E-state index contributed by atoms with van der Waals surface area (Å²) in [7, 11) is 0. The first-order valence-corrected chi connectivity index (χ1v) is 4.47. The fourth-order valence-corrected chi connectivity index (χ4v) is 2.23. The highest BCUT2D eigenvalue weighted by Gasteiger charge is 2.30. The topological polar surface area (TPSA) is 36.2 Å². The minimum atomic E-state index is 0.584. The number of nitrogens with one attached hydrogen (secondary N) is 1. The molecule has 1 heterocycles. The van der Waals surface area contributed by atoms with Crippen LogP contribution in [0.4, 0.5) is 0 Å². The van der Waals surface area contributed by atoms with Crippen molar-refractivity contribution in [2.24, 2.45) is 10.9 Å². The maximum atomic E-state index is 7.09. The number of hydrogen-bond donors (Lipinski definition) is 1. The van der Waals surface area contributed by atoms with Gasteiger partial charge in [-0.3, -0.25) is 4.99 Å². The van der Waals surface area contributed by atoms with Gasteiger partial charge in [-0.05, 0) is 25.2 Å². The Morgan fingerprint density at radius 3 is 2.91 bits per heavy atom. The molecule has 2 unspecified atom stereocenters. The Morgan fingerprint density at radius 1 is 1.36 bits per heavy atom. The molecule has 0 aromatic carbocycles. The summed E-state index contributed by atoms with van der Waals surface area (Å²) in [5.74, 6) is 0.792. The van der Waals surface area contributed by atoms with Gasteiger partial charge in [-0.25, -0.2) is 0 Å². The standard InChI is InChI=1S/C9H14N2/c10-6-8-5-7-3-1-2-4-9(7)11-8/h6-7,9-10H,1-5H2. The summed E-state index contributed by atoms with van der Waals surface area (Å²) < 4.78 is 0. The van der Waals surface area contributed by atoms with Crippen LogP contribution in [0, 0.1) is 11.3 Å². The molecule has 0 bridgehead atoms. The number of nitrogens with zero attached hydrogens (tertiary/aromatic N) is 1. The van der Waals surface area contributed by atoms with Gasteiger partial charge in [-0.2, -0.15) is 0 Å². The first-order chi connectivity index (χ1) is 5.40. The van der Waals surface area contributed by atoms with Crippen LogP contribution < -0.4 is 0 Å². The van der Waals surface area contributed by atoms with E-state index in [1.165, 1.54) is 31.9 Å². The predicted molar refractivity (Wildman–Crippen MR) is 46.6 cm³/mol. The zero-order chi connectivity index (χ0) is 7.68. The summed E-state index contributed by atoms with van der Waals surface area (Å²) >= 11 is 0. The molecular formula is C9H14N2. The van der Waals surface area contributed by atoms with Gasteiger partial charge in [0.05, 0.1) is 11.8 Å². The van der Waals surface area contributed by atoms with Crippen molar-refractivity contribution in [1.29, 1.82) is 5.41 Å². The van der Waals surface area contributed by atoms with E-state index < -0.39 is 0 Å². The van der Waals surface area contributed by atoms with Gasteiger partial charge in [-0.15, -0.1) is 0 Å². The van der Waals surface area contributed by atoms with Crippen molar-refractivity contribution in [3.8, 4) is 0 Å². The summed E-state index contributed by atoms with van der Waals surface area (Å²) in [5, 5.41) is 7.09. The Bertz CT molecular complexity index is 196. The second-order valence-electron chi connectivity index (χ2n) is 3.58. The lowest BCUT2D eigenvalue weighted by atomic mass is 9.84. The summed E-state index contributed by atoms with van der Waals surface area (Å²) in [4.78, 5) is 4.50. The molecule has 1 aliphatic carbocycles. The molecule has 1 aliphatic heterocycles. The van der Waals surface area contributed by atoms with E-state index in [1.807, 2.05) is 0 Å². The van der Waals surface area contributed by atoms with Crippen molar-refractivity contribution in [2.75, 3.05) is 0 Å². The van der Waals surface area contributed by atoms with E-state index in [1.54, 1.807) is 0 Å².